The van der Waals surface area contributed by atoms with E-state index in [0.717, 1.165) is 17.0 Å². The summed E-state index contributed by atoms with van der Waals surface area (Å²) in [6, 6.07) is 7.45. The van der Waals surface area contributed by atoms with Crippen molar-refractivity contribution in [1.29, 1.82) is 0 Å². The molecule has 6 nitrogen and oxygen atoms in total. The number of carbonyl (C=O) groups excluding carboxylic acids is 1. The van der Waals surface area contributed by atoms with E-state index in [1.165, 1.54) is 0 Å². The molecular weight excluding hydrogens is 288 g/mol. The highest BCUT2D eigenvalue weighted by atomic mass is 32.2. The number of carbonyl (C=O) groups is 1. The van der Waals surface area contributed by atoms with Gasteiger partial charge in [-0.3, -0.25) is 10.5 Å². The van der Waals surface area contributed by atoms with Gasteiger partial charge in [0.1, 0.15) is 5.71 Å². The van der Waals surface area contributed by atoms with E-state index < -0.39 is 6.29 Å². The number of rotatable bonds is 6. The minimum Gasteiger partial charge on any atom is -0.395 e. The molecule has 0 saturated heterocycles. The third-order valence-electron chi connectivity index (χ3n) is 3.18. The molecule has 1 aromatic carbocycles. The molecule has 1 atom stereocenters. The average Bonchev–Trinajstić information content (AvgIpc) is 2.50. The van der Waals surface area contributed by atoms with E-state index in [4.69, 9.17) is 10.8 Å². The van der Waals surface area contributed by atoms with Gasteiger partial charge in [-0.25, -0.2) is 4.99 Å². The van der Waals surface area contributed by atoms with E-state index in [-0.39, 0.29) is 12.5 Å². The van der Waals surface area contributed by atoms with Crippen molar-refractivity contribution in [3.8, 4) is 0 Å². The van der Waals surface area contributed by atoms with E-state index in [9.17, 15) is 4.79 Å². The van der Waals surface area contributed by atoms with Crippen LogP contribution in [0.25, 0.3) is 0 Å². The van der Waals surface area contributed by atoms with Gasteiger partial charge in [-0.1, -0.05) is 18.2 Å². The molecule has 1 amide bonds. The monoisotopic (exact) mass is 308 g/mol. The number of amides is 1. The maximum Gasteiger partial charge on any atom is 0.272 e. The SMILES string of the molecule is CSCCN(CCO)C(=O)C1=NC(N)Nc2ccccc21. The standard InChI is InChI=1S/C14H20N4O2S/c1-21-9-7-18(6-8-19)13(20)12-10-4-2-3-5-11(10)16-14(15)17-12/h2-5,14,16,19H,6-9,15H2,1H3. The van der Waals surface area contributed by atoms with Gasteiger partial charge >= 0.3 is 0 Å². The zero-order valence-electron chi connectivity index (χ0n) is 12.0. The van der Waals surface area contributed by atoms with Crippen LogP contribution >= 0.6 is 11.8 Å². The predicted octanol–water partition coefficient (Wildman–Crippen LogP) is 0.327. The van der Waals surface area contributed by atoms with Gasteiger partial charge in [0, 0.05) is 30.1 Å². The minimum absolute atomic E-state index is 0.0701. The zero-order chi connectivity index (χ0) is 15.2. The Morgan fingerprint density at radius 3 is 2.95 bits per heavy atom. The molecule has 7 heteroatoms. The number of para-hydroxylation sites is 1. The van der Waals surface area contributed by atoms with Crippen molar-refractivity contribution >= 4 is 29.1 Å². The summed E-state index contributed by atoms with van der Waals surface area (Å²) in [5.74, 6) is 0.618. The van der Waals surface area contributed by atoms with Gasteiger partial charge in [0.2, 0.25) is 0 Å². The Labute approximate surface area is 128 Å². The average molecular weight is 308 g/mol. The third-order valence-corrected chi connectivity index (χ3v) is 3.77. The largest absolute Gasteiger partial charge is 0.395 e. The van der Waals surface area contributed by atoms with Crippen LogP contribution in [0.4, 0.5) is 5.69 Å². The molecule has 1 unspecified atom stereocenters. The second-order valence-corrected chi connectivity index (χ2v) is 5.61. The Morgan fingerprint density at radius 1 is 1.48 bits per heavy atom. The topological polar surface area (TPSA) is 91.0 Å². The fourth-order valence-corrected chi connectivity index (χ4v) is 2.58. The maximum absolute atomic E-state index is 12.7. The van der Waals surface area contributed by atoms with Crippen LogP contribution in [0.3, 0.4) is 0 Å². The Morgan fingerprint density at radius 2 is 2.24 bits per heavy atom. The number of aliphatic hydroxyl groups excluding tert-OH is 1. The van der Waals surface area contributed by atoms with Crippen LogP contribution in [-0.2, 0) is 4.79 Å². The molecule has 21 heavy (non-hydrogen) atoms. The molecule has 0 bridgehead atoms. The second-order valence-electron chi connectivity index (χ2n) is 4.62. The highest BCUT2D eigenvalue weighted by Crippen LogP contribution is 2.22. The Kier molecular flexibility index (Phi) is 5.60. The van der Waals surface area contributed by atoms with Gasteiger partial charge in [-0.2, -0.15) is 11.8 Å². The minimum atomic E-state index is -0.629. The molecule has 4 N–H and O–H groups in total. The van der Waals surface area contributed by atoms with Crippen molar-refractivity contribution < 1.29 is 9.90 Å². The van der Waals surface area contributed by atoms with Crippen LogP contribution in [0.2, 0.25) is 0 Å². The normalized spacial score (nSPS) is 16.7. The fourth-order valence-electron chi connectivity index (χ4n) is 2.17. The molecule has 0 saturated carbocycles. The number of aliphatic hydroxyl groups is 1. The van der Waals surface area contributed by atoms with Crippen LogP contribution in [0.1, 0.15) is 5.56 Å². The predicted molar refractivity (Wildman–Crippen MR) is 86.6 cm³/mol. The van der Waals surface area contributed by atoms with Gasteiger partial charge < -0.3 is 15.3 Å². The summed E-state index contributed by atoms with van der Waals surface area (Å²) in [4.78, 5) is 18.5. The number of benzene rings is 1. The van der Waals surface area contributed by atoms with Crippen molar-refractivity contribution in [2.45, 2.75) is 6.29 Å². The van der Waals surface area contributed by atoms with Gasteiger partial charge in [0.05, 0.1) is 6.61 Å². The number of thioether (sulfide) groups is 1. The maximum atomic E-state index is 12.7. The van der Waals surface area contributed by atoms with Crippen LogP contribution in [0, 0.1) is 0 Å². The number of hydrogen-bond acceptors (Lipinski definition) is 6. The van der Waals surface area contributed by atoms with Crippen molar-refractivity contribution in [2.24, 2.45) is 10.7 Å². The van der Waals surface area contributed by atoms with Crippen molar-refractivity contribution in [3.63, 3.8) is 0 Å². The third kappa shape index (κ3) is 3.75. The number of aliphatic imine (C=N–C) groups is 1. The molecule has 0 spiro atoms. The quantitative estimate of drug-likeness (QED) is 0.704. The summed E-state index contributed by atoms with van der Waals surface area (Å²) in [6.07, 6.45) is 1.35. The first kappa shape index (κ1) is 15.8. The fraction of sp³-hybridized carbons (Fsp3) is 0.429. The number of nitrogens with one attached hydrogen (secondary N) is 1. The molecule has 1 aromatic rings. The number of fused-ring (bicyclic) bond motifs is 1. The molecular formula is C14H20N4O2S. The molecule has 1 heterocycles. The van der Waals surface area contributed by atoms with Gasteiger partial charge in [0.15, 0.2) is 6.29 Å². The van der Waals surface area contributed by atoms with E-state index in [1.807, 2.05) is 30.5 Å². The molecule has 114 valence electrons. The Bertz CT molecular complexity index is 535. The van der Waals surface area contributed by atoms with Crippen molar-refractivity contribution in [3.05, 3.63) is 29.8 Å². The highest BCUT2D eigenvalue weighted by Gasteiger charge is 2.26. The lowest BCUT2D eigenvalue weighted by Crippen LogP contribution is -2.44. The summed E-state index contributed by atoms with van der Waals surface area (Å²) in [6.45, 7) is 0.799. The molecule has 1 aliphatic rings. The summed E-state index contributed by atoms with van der Waals surface area (Å²) in [5.41, 5.74) is 7.73. The molecule has 0 radical (unpaired) electrons. The number of hydrogen-bond donors (Lipinski definition) is 3. The van der Waals surface area contributed by atoms with Crippen LogP contribution in [0.5, 0.6) is 0 Å². The second kappa shape index (κ2) is 7.44. The number of nitrogens with zero attached hydrogens (tertiary/aromatic N) is 2. The molecule has 0 fully saturated rings. The van der Waals surface area contributed by atoms with E-state index in [2.05, 4.69) is 10.3 Å². The Hall–Kier alpha value is -1.57. The van der Waals surface area contributed by atoms with E-state index in [1.54, 1.807) is 16.7 Å². The van der Waals surface area contributed by atoms with Gasteiger partial charge in [-0.15, -0.1) is 0 Å². The van der Waals surface area contributed by atoms with Crippen molar-refractivity contribution in [1.82, 2.24) is 4.90 Å². The zero-order valence-corrected chi connectivity index (χ0v) is 12.8. The Balaban J connectivity index is 2.27. The summed E-state index contributed by atoms with van der Waals surface area (Å²) < 4.78 is 0. The first-order valence-electron chi connectivity index (χ1n) is 6.75. The molecule has 0 aromatic heterocycles. The van der Waals surface area contributed by atoms with Crippen LogP contribution in [-0.4, -0.2) is 59.6 Å². The first-order chi connectivity index (χ1) is 10.2. The van der Waals surface area contributed by atoms with E-state index in [0.29, 0.717) is 18.8 Å². The van der Waals surface area contributed by atoms with Crippen LogP contribution in [0.15, 0.2) is 29.3 Å². The summed E-state index contributed by atoms with van der Waals surface area (Å²) >= 11 is 1.65. The molecule has 2 rings (SSSR count). The summed E-state index contributed by atoms with van der Waals surface area (Å²) in [5, 5.41) is 12.2. The lowest BCUT2D eigenvalue weighted by Gasteiger charge is -2.27. The molecule has 1 aliphatic heterocycles. The smallest absolute Gasteiger partial charge is 0.272 e. The molecule has 0 aliphatic carbocycles. The number of nitrogens with two attached hydrogens (primary N) is 1. The lowest BCUT2D eigenvalue weighted by molar-refractivity contribution is -0.124. The first-order valence-corrected chi connectivity index (χ1v) is 8.15. The summed E-state index contributed by atoms with van der Waals surface area (Å²) in [7, 11) is 0. The van der Waals surface area contributed by atoms with Crippen molar-refractivity contribution in [2.75, 3.05) is 37.0 Å². The highest BCUT2D eigenvalue weighted by molar-refractivity contribution is 7.98. The number of anilines is 1. The lowest BCUT2D eigenvalue weighted by atomic mass is 10.0. The van der Waals surface area contributed by atoms with Crippen LogP contribution < -0.4 is 11.1 Å². The van der Waals surface area contributed by atoms with Gasteiger partial charge in [-0.05, 0) is 12.3 Å². The van der Waals surface area contributed by atoms with E-state index >= 15 is 0 Å². The van der Waals surface area contributed by atoms with Gasteiger partial charge in [0.25, 0.3) is 5.91 Å².